The predicted octanol–water partition coefficient (Wildman–Crippen LogP) is 4.29. The van der Waals surface area contributed by atoms with E-state index in [0.717, 1.165) is 16.6 Å². The standard InChI is InChI=1S/C16H22BrNO/c1-2-5-15-6-3-4-11-18(15)12-16(19)13-7-9-14(17)10-8-13/h7-10,15H,2-6,11-12H2,1H3. The highest BCUT2D eigenvalue weighted by Crippen LogP contribution is 2.21. The summed E-state index contributed by atoms with van der Waals surface area (Å²) in [6.45, 7) is 3.88. The Hall–Kier alpha value is -0.670. The zero-order chi connectivity index (χ0) is 13.7. The maximum Gasteiger partial charge on any atom is 0.176 e. The molecule has 2 rings (SSSR count). The highest BCUT2D eigenvalue weighted by molar-refractivity contribution is 9.10. The molecule has 0 amide bonds. The fourth-order valence-electron chi connectivity index (χ4n) is 2.84. The molecule has 1 aromatic rings. The van der Waals surface area contributed by atoms with E-state index in [1.54, 1.807) is 0 Å². The van der Waals surface area contributed by atoms with Crippen LogP contribution in [-0.2, 0) is 0 Å². The molecule has 0 aliphatic carbocycles. The third-order valence-electron chi connectivity index (χ3n) is 3.88. The Kier molecular flexibility index (Phi) is 5.59. The Morgan fingerprint density at radius 1 is 1.32 bits per heavy atom. The van der Waals surface area contributed by atoms with E-state index in [2.05, 4.69) is 27.8 Å². The first-order valence-corrected chi connectivity index (χ1v) is 8.03. The van der Waals surface area contributed by atoms with Gasteiger partial charge in [0.15, 0.2) is 5.78 Å². The molecule has 0 aromatic heterocycles. The lowest BCUT2D eigenvalue weighted by Gasteiger charge is -2.35. The number of benzene rings is 1. The summed E-state index contributed by atoms with van der Waals surface area (Å²) in [4.78, 5) is 14.7. The van der Waals surface area contributed by atoms with E-state index in [9.17, 15) is 4.79 Å². The minimum Gasteiger partial charge on any atom is -0.293 e. The van der Waals surface area contributed by atoms with Gasteiger partial charge < -0.3 is 0 Å². The molecule has 1 fully saturated rings. The molecule has 104 valence electrons. The number of rotatable bonds is 5. The first kappa shape index (κ1) is 14.7. The van der Waals surface area contributed by atoms with Gasteiger partial charge in [0.2, 0.25) is 0 Å². The molecule has 1 aliphatic rings. The second-order valence-corrected chi connectivity index (χ2v) is 6.25. The van der Waals surface area contributed by atoms with Gasteiger partial charge in [-0.25, -0.2) is 0 Å². The van der Waals surface area contributed by atoms with Gasteiger partial charge in [0.05, 0.1) is 6.54 Å². The van der Waals surface area contributed by atoms with Crippen LogP contribution in [0.5, 0.6) is 0 Å². The summed E-state index contributed by atoms with van der Waals surface area (Å²) < 4.78 is 1.02. The molecule has 1 unspecified atom stereocenters. The fourth-order valence-corrected chi connectivity index (χ4v) is 3.10. The first-order chi connectivity index (χ1) is 9.20. The number of halogens is 1. The lowest BCUT2D eigenvalue weighted by molar-refractivity contribution is 0.0831. The van der Waals surface area contributed by atoms with Crippen LogP contribution >= 0.6 is 15.9 Å². The van der Waals surface area contributed by atoms with Gasteiger partial charge in [-0.2, -0.15) is 0 Å². The third kappa shape index (κ3) is 4.15. The Balaban J connectivity index is 1.98. The van der Waals surface area contributed by atoms with E-state index in [0.29, 0.717) is 12.6 Å². The first-order valence-electron chi connectivity index (χ1n) is 7.23. The van der Waals surface area contributed by atoms with E-state index >= 15 is 0 Å². The molecule has 0 bridgehead atoms. The van der Waals surface area contributed by atoms with E-state index in [1.165, 1.54) is 32.1 Å². The van der Waals surface area contributed by atoms with Gasteiger partial charge in [-0.1, -0.05) is 47.8 Å². The Labute approximate surface area is 124 Å². The predicted molar refractivity (Wildman–Crippen MR) is 82.6 cm³/mol. The molecule has 3 heteroatoms. The zero-order valence-electron chi connectivity index (χ0n) is 11.6. The second-order valence-electron chi connectivity index (χ2n) is 5.34. The molecule has 1 aromatic carbocycles. The lowest BCUT2D eigenvalue weighted by atomic mass is 9.97. The molecule has 2 nitrogen and oxygen atoms in total. The van der Waals surface area contributed by atoms with Crippen molar-refractivity contribution in [2.75, 3.05) is 13.1 Å². The number of ketones is 1. The van der Waals surface area contributed by atoms with Crippen LogP contribution in [0.2, 0.25) is 0 Å². The molecule has 1 saturated heterocycles. The fraction of sp³-hybridized carbons (Fsp3) is 0.562. The number of hydrogen-bond donors (Lipinski definition) is 0. The number of piperidine rings is 1. The quantitative estimate of drug-likeness (QED) is 0.753. The molecule has 19 heavy (non-hydrogen) atoms. The van der Waals surface area contributed by atoms with Crippen molar-refractivity contribution in [1.82, 2.24) is 4.90 Å². The maximum absolute atomic E-state index is 12.3. The number of carbonyl (C=O) groups excluding carboxylic acids is 1. The molecule has 0 N–H and O–H groups in total. The van der Waals surface area contributed by atoms with Crippen molar-refractivity contribution in [2.45, 2.75) is 45.1 Å². The number of hydrogen-bond acceptors (Lipinski definition) is 2. The second kappa shape index (κ2) is 7.20. The van der Waals surface area contributed by atoms with Crippen LogP contribution in [0.3, 0.4) is 0 Å². The Morgan fingerprint density at radius 3 is 2.74 bits per heavy atom. The van der Waals surface area contributed by atoms with Crippen molar-refractivity contribution < 1.29 is 4.79 Å². The average Bonchev–Trinajstić information content (AvgIpc) is 2.42. The molecular weight excluding hydrogens is 302 g/mol. The van der Waals surface area contributed by atoms with Crippen molar-refractivity contribution in [3.63, 3.8) is 0 Å². The minimum atomic E-state index is 0.246. The van der Waals surface area contributed by atoms with Gasteiger partial charge in [-0.3, -0.25) is 9.69 Å². The van der Waals surface area contributed by atoms with Crippen LogP contribution in [0, 0.1) is 0 Å². The number of Topliss-reactive ketones (excluding diaryl/α,β-unsaturated/α-hetero) is 1. The average molecular weight is 324 g/mol. The van der Waals surface area contributed by atoms with E-state index < -0.39 is 0 Å². The van der Waals surface area contributed by atoms with E-state index in [1.807, 2.05) is 24.3 Å². The summed E-state index contributed by atoms with van der Waals surface area (Å²) >= 11 is 3.40. The van der Waals surface area contributed by atoms with Crippen molar-refractivity contribution in [1.29, 1.82) is 0 Å². The van der Waals surface area contributed by atoms with Crippen LogP contribution in [0.1, 0.15) is 49.4 Å². The molecule has 1 atom stereocenters. The summed E-state index contributed by atoms with van der Waals surface area (Å²) in [5.74, 6) is 0.246. The smallest absolute Gasteiger partial charge is 0.176 e. The summed E-state index contributed by atoms with van der Waals surface area (Å²) in [7, 11) is 0. The monoisotopic (exact) mass is 323 g/mol. The van der Waals surface area contributed by atoms with Gasteiger partial charge >= 0.3 is 0 Å². The molecule has 1 heterocycles. The molecule has 0 radical (unpaired) electrons. The summed E-state index contributed by atoms with van der Waals surface area (Å²) in [6.07, 6.45) is 6.21. The van der Waals surface area contributed by atoms with Crippen molar-refractivity contribution in [3.05, 3.63) is 34.3 Å². The van der Waals surface area contributed by atoms with Crippen molar-refractivity contribution >= 4 is 21.7 Å². The maximum atomic E-state index is 12.3. The van der Waals surface area contributed by atoms with Crippen LogP contribution in [0.25, 0.3) is 0 Å². The number of likely N-dealkylation sites (tertiary alicyclic amines) is 1. The molecule has 0 saturated carbocycles. The summed E-state index contributed by atoms with van der Waals surface area (Å²) in [5.41, 5.74) is 0.823. The summed E-state index contributed by atoms with van der Waals surface area (Å²) in [5, 5.41) is 0. The number of nitrogens with zero attached hydrogens (tertiary/aromatic N) is 1. The highest BCUT2D eigenvalue weighted by Gasteiger charge is 2.23. The zero-order valence-corrected chi connectivity index (χ0v) is 13.2. The molecular formula is C16H22BrNO. The van der Waals surface area contributed by atoms with Gasteiger partial charge in [-0.15, -0.1) is 0 Å². The highest BCUT2D eigenvalue weighted by atomic mass is 79.9. The Morgan fingerprint density at radius 2 is 2.05 bits per heavy atom. The third-order valence-corrected chi connectivity index (χ3v) is 4.41. The Bertz CT molecular complexity index is 413. The lowest BCUT2D eigenvalue weighted by Crippen LogP contribution is -2.42. The largest absolute Gasteiger partial charge is 0.293 e. The SMILES string of the molecule is CCCC1CCCCN1CC(=O)c1ccc(Br)cc1. The summed E-state index contributed by atoms with van der Waals surface area (Å²) in [6, 6.07) is 8.30. The molecule has 1 aliphatic heterocycles. The van der Waals surface area contributed by atoms with Gasteiger partial charge in [0, 0.05) is 16.1 Å². The van der Waals surface area contributed by atoms with E-state index in [4.69, 9.17) is 0 Å². The van der Waals surface area contributed by atoms with Crippen molar-refractivity contribution in [3.8, 4) is 0 Å². The topological polar surface area (TPSA) is 20.3 Å². The van der Waals surface area contributed by atoms with Gasteiger partial charge in [-0.05, 0) is 37.9 Å². The minimum absolute atomic E-state index is 0.246. The van der Waals surface area contributed by atoms with Crippen LogP contribution in [0.15, 0.2) is 28.7 Å². The van der Waals surface area contributed by atoms with Crippen molar-refractivity contribution in [2.24, 2.45) is 0 Å². The van der Waals surface area contributed by atoms with Crippen LogP contribution in [0.4, 0.5) is 0 Å². The van der Waals surface area contributed by atoms with Crippen LogP contribution in [-0.4, -0.2) is 29.8 Å². The van der Waals surface area contributed by atoms with Crippen LogP contribution < -0.4 is 0 Å². The van der Waals surface area contributed by atoms with Gasteiger partial charge in [0.25, 0.3) is 0 Å². The van der Waals surface area contributed by atoms with Gasteiger partial charge in [0.1, 0.15) is 0 Å². The van der Waals surface area contributed by atoms with E-state index in [-0.39, 0.29) is 5.78 Å². The normalized spacial score (nSPS) is 20.4. The molecule has 0 spiro atoms. The number of carbonyl (C=O) groups is 1.